The highest BCUT2D eigenvalue weighted by atomic mass is 32.1. The van der Waals surface area contributed by atoms with Gasteiger partial charge in [-0.15, -0.1) is 0 Å². The monoisotopic (exact) mass is 1110 g/mol. The number of methoxy groups -OCH3 is 2. The normalized spacial score (nSPS) is 11.2. The highest BCUT2D eigenvalue weighted by Crippen LogP contribution is 2.44. The molecule has 14 rings (SSSR count). The summed E-state index contributed by atoms with van der Waals surface area (Å²) in [7, 11) is 3.39. The largest absolute Gasteiger partial charge is 0.497 e. The second-order valence-corrected chi connectivity index (χ2v) is 21.4. The third-order valence-corrected chi connectivity index (χ3v) is 16.6. The molecule has 404 valence electrons. The van der Waals surface area contributed by atoms with Crippen molar-refractivity contribution in [1.29, 1.82) is 5.26 Å². The number of aromatic nitrogens is 3. The molecular weight excluding hydrogens is 1060 g/mol. The first-order chi connectivity index (χ1) is 42.0. The highest BCUT2D eigenvalue weighted by molar-refractivity contribution is 7.00. The van der Waals surface area contributed by atoms with Crippen LogP contribution in [0.1, 0.15) is 16.7 Å². The van der Waals surface area contributed by atoms with Gasteiger partial charge in [-0.05, 0) is 164 Å². The fourth-order valence-electron chi connectivity index (χ4n) is 11.7. The number of anilines is 3. The van der Waals surface area contributed by atoms with Crippen molar-refractivity contribution in [1.82, 2.24) is 13.3 Å². The van der Waals surface area contributed by atoms with E-state index in [4.69, 9.17) is 18.2 Å². The Morgan fingerprint density at radius 1 is 0.400 bits per heavy atom. The second kappa shape index (κ2) is 22.7. The standard InChI is InChI=1S/C77H53N5O2S/c1-83-66-40-28-55(29-41-66)61-32-45-72-69(48-61)70-49-62(56-30-42-67(84-2)43-31-56)33-46-73(70)82(72)65-38-26-57(27-39-65)68-44-47-74(77-76(68)79-85-80-77)81(63-34-22-53(23-35-63)51-12-6-3-7-13-51)64-36-24-54(25-37-64)52-18-20-58(21-19-52)71(50-78)75(59-14-8-4-9-15-59)60-16-10-5-11-17-60/h3-49H,1-2H3. The van der Waals surface area contributed by atoms with Gasteiger partial charge >= 0.3 is 0 Å². The van der Waals surface area contributed by atoms with Crippen LogP contribution in [0.3, 0.4) is 0 Å². The van der Waals surface area contributed by atoms with Crippen molar-refractivity contribution in [2.75, 3.05) is 19.1 Å². The van der Waals surface area contributed by atoms with E-state index >= 15 is 0 Å². The molecule has 0 radical (unpaired) electrons. The highest BCUT2D eigenvalue weighted by Gasteiger charge is 2.22. The lowest BCUT2D eigenvalue weighted by atomic mass is 9.89. The predicted octanol–water partition coefficient (Wildman–Crippen LogP) is 20.1. The second-order valence-electron chi connectivity index (χ2n) is 20.9. The topological polar surface area (TPSA) is 76.2 Å². The average molecular weight is 1110 g/mol. The summed E-state index contributed by atoms with van der Waals surface area (Å²) in [5, 5.41) is 13.0. The van der Waals surface area contributed by atoms with Gasteiger partial charge < -0.3 is 18.9 Å². The Labute approximate surface area is 497 Å². The quantitative estimate of drug-likeness (QED) is 0.0798. The number of nitriles is 1. The van der Waals surface area contributed by atoms with E-state index < -0.39 is 0 Å². The van der Waals surface area contributed by atoms with Gasteiger partial charge in [0, 0.05) is 39.0 Å². The smallest absolute Gasteiger partial charge is 0.129 e. The lowest BCUT2D eigenvalue weighted by Crippen LogP contribution is -2.10. The fourth-order valence-corrected chi connectivity index (χ4v) is 12.3. The van der Waals surface area contributed by atoms with Crippen LogP contribution in [-0.2, 0) is 0 Å². The van der Waals surface area contributed by atoms with Gasteiger partial charge in [-0.25, -0.2) is 0 Å². The van der Waals surface area contributed by atoms with Gasteiger partial charge in [-0.1, -0.05) is 188 Å². The van der Waals surface area contributed by atoms with E-state index in [1.165, 1.54) is 11.7 Å². The first-order valence-electron chi connectivity index (χ1n) is 28.1. The number of allylic oxidation sites excluding steroid dienone is 1. The summed E-state index contributed by atoms with van der Waals surface area (Å²) >= 11 is 1.23. The Hall–Kier alpha value is -11.1. The van der Waals surface area contributed by atoms with Gasteiger partial charge in [0.05, 0.1) is 48.2 Å². The minimum atomic E-state index is 0.625. The molecule has 0 saturated carbocycles. The number of hydrogen-bond donors (Lipinski definition) is 0. The molecule has 85 heavy (non-hydrogen) atoms. The average Bonchev–Trinajstić information content (AvgIpc) is 3.80. The third-order valence-electron chi connectivity index (χ3n) is 16.0. The molecule has 0 unspecified atom stereocenters. The van der Waals surface area contributed by atoms with E-state index in [0.717, 1.165) is 145 Å². The van der Waals surface area contributed by atoms with E-state index in [9.17, 15) is 5.26 Å². The number of nitrogens with zero attached hydrogens (tertiary/aromatic N) is 5. The molecule has 0 bridgehead atoms. The minimum Gasteiger partial charge on any atom is -0.497 e. The van der Waals surface area contributed by atoms with Gasteiger partial charge in [-0.2, -0.15) is 14.0 Å². The van der Waals surface area contributed by atoms with Gasteiger partial charge in [-0.3, -0.25) is 0 Å². The maximum absolute atomic E-state index is 10.7. The van der Waals surface area contributed by atoms with Gasteiger partial charge in [0.15, 0.2) is 0 Å². The zero-order valence-electron chi connectivity index (χ0n) is 46.6. The van der Waals surface area contributed by atoms with E-state index in [1.807, 2.05) is 66.7 Å². The zero-order chi connectivity index (χ0) is 57.2. The molecule has 0 N–H and O–H groups in total. The molecule has 2 aromatic heterocycles. The molecule has 14 aromatic rings. The summed E-state index contributed by atoms with van der Waals surface area (Å²) in [5.41, 5.74) is 23.1. The molecule has 7 nitrogen and oxygen atoms in total. The zero-order valence-corrected chi connectivity index (χ0v) is 47.4. The first-order valence-corrected chi connectivity index (χ1v) is 28.9. The number of fused-ring (bicyclic) bond motifs is 4. The first kappa shape index (κ1) is 52.0. The predicted molar refractivity (Wildman–Crippen MR) is 351 cm³/mol. The maximum atomic E-state index is 10.7. The molecule has 0 spiro atoms. The van der Waals surface area contributed by atoms with Gasteiger partial charge in [0.25, 0.3) is 0 Å². The summed E-state index contributed by atoms with van der Waals surface area (Å²) in [5.74, 6) is 1.66. The van der Waals surface area contributed by atoms with Crippen molar-refractivity contribution < 1.29 is 9.47 Å². The van der Waals surface area contributed by atoms with Crippen LogP contribution in [0.4, 0.5) is 17.1 Å². The van der Waals surface area contributed by atoms with Crippen LogP contribution in [0.15, 0.2) is 285 Å². The van der Waals surface area contributed by atoms with Crippen LogP contribution in [0.25, 0.3) is 105 Å². The Morgan fingerprint density at radius 2 is 0.812 bits per heavy atom. The molecule has 8 heteroatoms. The minimum absolute atomic E-state index is 0.625. The molecule has 0 atom stereocenters. The lowest BCUT2D eigenvalue weighted by Gasteiger charge is -2.26. The Balaban J connectivity index is 0.816. The van der Waals surface area contributed by atoms with Crippen LogP contribution < -0.4 is 14.4 Å². The van der Waals surface area contributed by atoms with E-state index in [-0.39, 0.29) is 0 Å². The van der Waals surface area contributed by atoms with Crippen molar-refractivity contribution >= 4 is 72.8 Å². The van der Waals surface area contributed by atoms with Crippen LogP contribution in [0.5, 0.6) is 11.5 Å². The number of ether oxygens (including phenoxy) is 2. The van der Waals surface area contributed by atoms with Crippen molar-refractivity contribution in [3.8, 4) is 78.9 Å². The van der Waals surface area contributed by atoms with E-state index in [1.54, 1.807) is 14.2 Å². The molecule has 12 aromatic carbocycles. The molecule has 0 aliphatic carbocycles. The molecular formula is C77H53N5O2S. The summed E-state index contributed by atoms with van der Waals surface area (Å²) in [4.78, 5) is 2.28. The SMILES string of the molecule is COc1ccc(-c2ccc3c(c2)c2cc(-c4ccc(OC)cc4)ccc2n3-c2ccc(-c3ccc(N(c4ccc(-c5ccccc5)cc4)c4ccc(-c5ccc(C(C#N)=C(c6ccccc6)c6ccccc6)cc5)cc4)c4nsnc34)cc2)cc1. The Kier molecular flexibility index (Phi) is 13.9. The number of benzene rings is 12. The molecule has 0 aliphatic rings. The summed E-state index contributed by atoms with van der Waals surface area (Å²) in [6.45, 7) is 0. The summed E-state index contributed by atoms with van der Waals surface area (Å²) in [6, 6.07) is 102. The van der Waals surface area contributed by atoms with E-state index in [0.29, 0.717) is 5.57 Å². The van der Waals surface area contributed by atoms with Crippen LogP contribution in [0.2, 0.25) is 0 Å². The number of hydrogen-bond acceptors (Lipinski definition) is 7. The van der Waals surface area contributed by atoms with Gasteiger partial charge in [0.1, 0.15) is 28.6 Å². The Bertz CT molecular complexity index is 4640. The van der Waals surface area contributed by atoms with E-state index in [2.05, 4.69) is 234 Å². The summed E-state index contributed by atoms with van der Waals surface area (Å²) in [6.07, 6.45) is 0. The Morgan fingerprint density at radius 3 is 1.29 bits per heavy atom. The molecule has 0 aliphatic heterocycles. The van der Waals surface area contributed by atoms with Crippen molar-refractivity contribution in [2.24, 2.45) is 0 Å². The fraction of sp³-hybridized carbons (Fsp3) is 0.0260. The summed E-state index contributed by atoms with van der Waals surface area (Å²) < 4.78 is 23.4. The van der Waals surface area contributed by atoms with Crippen molar-refractivity contribution in [3.63, 3.8) is 0 Å². The molecule has 2 heterocycles. The molecule has 0 fully saturated rings. The number of rotatable bonds is 14. The van der Waals surface area contributed by atoms with Crippen LogP contribution in [-0.4, -0.2) is 27.5 Å². The van der Waals surface area contributed by atoms with Crippen LogP contribution in [0, 0.1) is 11.3 Å². The molecule has 0 amide bonds. The maximum Gasteiger partial charge on any atom is 0.129 e. The molecule has 0 saturated heterocycles. The van der Waals surface area contributed by atoms with Gasteiger partial charge in [0.2, 0.25) is 0 Å². The van der Waals surface area contributed by atoms with Crippen molar-refractivity contribution in [2.45, 2.75) is 0 Å². The van der Waals surface area contributed by atoms with Crippen LogP contribution >= 0.6 is 11.7 Å². The lowest BCUT2D eigenvalue weighted by molar-refractivity contribution is 0.415. The third kappa shape index (κ3) is 9.95. The van der Waals surface area contributed by atoms with Crippen molar-refractivity contribution in [3.05, 3.63) is 302 Å².